The van der Waals surface area contributed by atoms with E-state index in [-0.39, 0.29) is 11.4 Å². The van der Waals surface area contributed by atoms with Crippen molar-refractivity contribution in [1.29, 1.82) is 0 Å². The molecule has 0 amide bonds. The van der Waals surface area contributed by atoms with Crippen molar-refractivity contribution in [2.75, 3.05) is 6.54 Å². The summed E-state index contributed by atoms with van der Waals surface area (Å²) in [6.45, 7) is 1.08. The predicted octanol–water partition coefficient (Wildman–Crippen LogP) is 2.92. The Labute approximate surface area is 110 Å². The molecule has 0 spiro atoms. The van der Waals surface area contributed by atoms with Crippen LogP contribution in [0.15, 0.2) is 18.2 Å². The minimum atomic E-state index is -0.803. The highest BCUT2D eigenvalue weighted by molar-refractivity contribution is 6.30. The molecule has 0 bridgehead atoms. The number of aliphatic carboxylic acids is 1. The number of carbonyl (C=O) groups is 1. The minimum Gasteiger partial charge on any atom is -0.481 e. The summed E-state index contributed by atoms with van der Waals surface area (Å²) in [5.41, 5.74) is 0.828. The fourth-order valence-corrected chi connectivity index (χ4v) is 2.06. The minimum absolute atomic E-state index is 0.113. The average molecular weight is 272 g/mol. The third-order valence-electron chi connectivity index (χ3n) is 3.05. The summed E-state index contributed by atoms with van der Waals surface area (Å²) < 4.78 is 13.3. The van der Waals surface area contributed by atoms with Gasteiger partial charge in [-0.05, 0) is 30.5 Å². The highest BCUT2D eigenvalue weighted by Gasteiger charge is 2.29. The van der Waals surface area contributed by atoms with E-state index in [0.29, 0.717) is 19.1 Å². The van der Waals surface area contributed by atoms with Gasteiger partial charge in [0.1, 0.15) is 5.82 Å². The van der Waals surface area contributed by atoms with Crippen molar-refractivity contribution in [3.63, 3.8) is 0 Å². The fraction of sp³-hybridized carbons (Fsp3) is 0.462. The molecule has 0 atom stereocenters. The standard InChI is InChI=1S/C13H15ClFNO2/c14-11-4-1-9(7-12(11)15)8-16(10-2-3-10)6-5-13(17)18/h1,4,7,10H,2-3,5-6,8H2,(H,17,18). The lowest BCUT2D eigenvalue weighted by molar-refractivity contribution is -0.137. The largest absolute Gasteiger partial charge is 0.481 e. The molecule has 1 aromatic carbocycles. The maximum Gasteiger partial charge on any atom is 0.304 e. The summed E-state index contributed by atoms with van der Waals surface area (Å²) in [6.07, 6.45) is 2.30. The van der Waals surface area contributed by atoms with Crippen LogP contribution in [0, 0.1) is 5.82 Å². The van der Waals surface area contributed by atoms with E-state index in [2.05, 4.69) is 4.90 Å². The molecular weight excluding hydrogens is 257 g/mol. The van der Waals surface area contributed by atoms with Crippen molar-refractivity contribution < 1.29 is 14.3 Å². The van der Waals surface area contributed by atoms with Crippen LogP contribution in [-0.4, -0.2) is 28.6 Å². The van der Waals surface area contributed by atoms with Gasteiger partial charge in [0.15, 0.2) is 0 Å². The Morgan fingerprint density at radius 2 is 2.22 bits per heavy atom. The zero-order valence-electron chi connectivity index (χ0n) is 9.90. The third-order valence-corrected chi connectivity index (χ3v) is 3.35. The summed E-state index contributed by atoms with van der Waals surface area (Å²) in [5.74, 6) is -1.23. The average Bonchev–Trinajstić information content (AvgIpc) is 3.13. The van der Waals surface area contributed by atoms with Gasteiger partial charge in [0, 0.05) is 19.1 Å². The third kappa shape index (κ3) is 3.68. The molecular formula is C13H15ClFNO2. The van der Waals surface area contributed by atoms with Gasteiger partial charge >= 0.3 is 5.97 Å². The number of hydrogen-bond donors (Lipinski definition) is 1. The fourth-order valence-electron chi connectivity index (χ4n) is 1.94. The van der Waals surface area contributed by atoms with Gasteiger partial charge in [-0.2, -0.15) is 0 Å². The smallest absolute Gasteiger partial charge is 0.304 e. The van der Waals surface area contributed by atoms with Gasteiger partial charge in [-0.25, -0.2) is 4.39 Å². The second kappa shape index (κ2) is 5.67. The molecule has 1 aromatic rings. The van der Waals surface area contributed by atoms with Crippen LogP contribution in [-0.2, 0) is 11.3 Å². The summed E-state index contributed by atoms with van der Waals surface area (Å²) in [7, 11) is 0. The van der Waals surface area contributed by atoms with E-state index in [9.17, 15) is 9.18 Å². The molecule has 1 saturated carbocycles. The molecule has 0 unspecified atom stereocenters. The first kappa shape index (κ1) is 13.3. The van der Waals surface area contributed by atoms with Crippen molar-refractivity contribution in [3.05, 3.63) is 34.6 Å². The molecule has 1 aliphatic carbocycles. The SMILES string of the molecule is O=C(O)CCN(Cc1ccc(Cl)c(F)c1)C1CC1. The number of hydrogen-bond acceptors (Lipinski definition) is 2. The highest BCUT2D eigenvalue weighted by Crippen LogP contribution is 2.29. The van der Waals surface area contributed by atoms with Crippen molar-refractivity contribution in [2.24, 2.45) is 0 Å². The van der Waals surface area contributed by atoms with Gasteiger partial charge in [0.25, 0.3) is 0 Å². The normalized spacial score (nSPS) is 15.1. The van der Waals surface area contributed by atoms with Crippen molar-refractivity contribution >= 4 is 17.6 Å². The molecule has 0 aromatic heterocycles. The topological polar surface area (TPSA) is 40.5 Å². The lowest BCUT2D eigenvalue weighted by Gasteiger charge is -2.21. The van der Waals surface area contributed by atoms with E-state index in [0.717, 1.165) is 18.4 Å². The van der Waals surface area contributed by atoms with E-state index in [1.807, 2.05) is 0 Å². The number of carboxylic acids is 1. The van der Waals surface area contributed by atoms with Crippen LogP contribution in [0.4, 0.5) is 4.39 Å². The maximum absolute atomic E-state index is 13.3. The van der Waals surface area contributed by atoms with Gasteiger partial charge < -0.3 is 5.11 Å². The van der Waals surface area contributed by atoms with Gasteiger partial charge in [-0.3, -0.25) is 9.69 Å². The molecule has 98 valence electrons. The van der Waals surface area contributed by atoms with Crippen LogP contribution in [0.5, 0.6) is 0 Å². The van der Waals surface area contributed by atoms with Crippen molar-refractivity contribution in [3.8, 4) is 0 Å². The molecule has 0 aliphatic heterocycles. The van der Waals surface area contributed by atoms with Crippen molar-refractivity contribution in [2.45, 2.75) is 31.8 Å². The van der Waals surface area contributed by atoms with Crippen LogP contribution in [0.1, 0.15) is 24.8 Å². The highest BCUT2D eigenvalue weighted by atomic mass is 35.5. The van der Waals surface area contributed by atoms with Gasteiger partial charge in [0.2, 0.25) is 0 Å². The van der Waals surface area contributed by atoms with E-state index in [1.54, 1.807) is 6.07 Å². The Balaban J connectivity index is 1.99. The monoisotopic (exact) mass is 271 g/mol. The number of benzene rings is 1. The Kier molecular flexibility index (Phi) is 4.19. The first-order chi connectivity index (χ1) is 8.56. The van der Waals surface area contributed by atoms with E-state index < -0.39 is 11.8 Å². The molecule has 1 aliphatic rings. The first-order valence-electron chi connectivity index (χ1n) is 5.96. The number of nitrogens with zero attached hydrogens (tertiary/aromatic N) is 1. The summed E-state index contributed by atoms with van der Waals surface area (Å²) >= 11 is 5.63. The van der Waals surface area contributed by atoms with E-state index in [4.69, 9.17) is 16.7 Å². The van der Waals surface area contributed by atoms with E-state index in [1.165, 1.54) is 12.1 Å². The molecule has 0 saturated heterocycles. The predicted molar refractivity (Wildman–Crippen MR) is 67.1 cm³/mol. The summed E-state index contributed by atoms with van der Waals surface area (Å²) in [4.78, 5) is 12.7. The van der Waals surface area contributed by atoms with Crippen LogP contribution >= 0.6 is 11.6 Å². The Bertz CT molecular complexity index is 449. The first-order valence-corrected chi connectivity index (χ1v) is 6.34. The molecule has 0 heterocycles. The lowest BCUT2D eigenvalue weighted by atomic mass is 10.2. The van der Waals surface area contributed by atoms with E-state index >= 15 is 0 Å². The second-order valence-corrected chi connectivity index (χ2v) is 5.00. The van der Waals surface area contributed by atoms with Crippen LogP contribution in [0.3, 0.4) is 0 Å². The summed E-state index contributed by atoms with van der Waals surface area (Å²) in [6, 6.07) is 5.18. The van der Waals surface area contributed by atoms with Gasteiger partial charge in [-0.15, -0.1) is 0 Å². The number of rotatable bonds is 6. The molecule has 5 heteroatoms. The molecule has 3 nitrogen and oxygen atoms in total. The van der Waals surface area contributed by atoms with Crippen LogP contribution in [0.25, 0.3) is 0 Å². The molecule has 2 rings (SSSR count). The Morgan fingerprint density at radius 1 is 1.50 bits per heavy atom. The van der Waals surface area contributed by atoms with Crippen molar-refractivity contribution in [1.82, 2.24) is 4.90 Å². The van der Waals surface area contributed by atoms with Gasteiger partial charge in [-0.1, -0.05) is 17.7 Å². The molecule has 0 radical (unpaired) electrons. The maximum atomic E-state index is 13.3. The van der Waals surface area contributed by atoms with Crippen LogP contribution in [0.2, 0.25) is 5.02 Å². The quantitative estimate of drug-likeness (QED) is 0.865. The Hall–Kier alpha value is -1.13. The van der Waals surface area contributed by atoms with Gasteiger partial charge in [0.05, 0.1) is 11.4 Å². The van der Waals surface area contributed by atoms with Crippen LogP contribution < -0.4 is 0 Å². The lowest BCUT2D eigenvalue weighted by Crippen LogP contribution is -2.28. The zero-order valence-corrected chi connectivity index (χ0v) is 10.7. The molecule has 1 N–H and O–H groups in total. The Morgan fingerprint density at radius 3 is 2.78 bits per heavy atom. The number of carboxylic acid groups (broad SMARTS) is 1. The summed E-state index contributed by atoms with van der Waals surface area (Å²) in [5, 5.41) is 8.82. The molecule has 18 heavy (non-hydrogen) atoms. The second-order valence-electron chi connectivity index (χ2n) is 4.59. The molecule has 1 fully saturated rings. The number of halogens is 2. The zero-order chi connectivity index (χ0) is 13.1.